The molecule has 2 rings (SSSR count). The number of carbonyl (C=O) groups is 1. The number of hydrogen-bond donors (Lipinski definition) is 0. The highest BCUT2D eigenvalue weighted by Gasteiger charge is 2.52. The molecule has 3 heteroatoms. The van der Waals surface area contributed by atoms with Gasteiger partial charge in [-0.3, -0.25) is 4.79 Å². The molecule has 80 valence electrons. The molecule has 0 spiro atoms. The molecular formula is C12H13ClO2. The first kappa shape index (κ1) is 10.5. The summed E-state index contributed by atoms with van der Waals surface area (Å²) in [6.07, 6.45) is 1.72. The van der Waals surface area contributed by atoms with E-state index in [9.17, 15) is 4.79 Å². The van der Waals surface area contributed by atoms with Crippen LogP contribution in [-0.2, 0) is 14.9 Å². The standard InChI is InChI=1S/C12H13ClO2/c1-8-3-4-9(7-10(8)13)12(5-6-12)11(14)15-2/h3-4,7H,5-6H2,1-2H3. The average Bonchev–Trinajstić information content (AvgIpc) is 3.02. The number of ether oxygens (including phenoxy) is 1. The van der Waals surface area contributed by atoms with Crippen molar-refractivity contribution in [1.82, 2.24) is 0 Å². The molecule has 1 aliphatic rings. The van der Waals surface area contributed by atoms with Crippen molar-refractivity contribution in [3.63, 3.8) is 0 Å². The first-order chi connectivity index (χ1) is 7.10. The fourth-order valence-corrected chi connectivity index (χ4v) is 2.00. The van der Waals surface area contributed by atoms with Crippen LogP contribution >= 0.6 is 11.6 Å². The maximum absolute atomic E-state index is 11.6. The van der Waals surface area contributed by atoms with E-state index in [1.54, 1.807) is 0 Å². The summed E-state index contributed by atoms with van der Waals surface area (Å²) in [4.78, 5) is 11.6. The van der Waals surface area contributed by atoms with E-state index >= 15 is 0 Å². The van der Waals surface area contributed by atoms with Crippen LogP contribution in [0.1, 0.15) is 24.0 Å². The second kappa shape index (κ2) is 3.53. The lowest BCUT2D eigenvalue weighted by Gasteiger charge is -2.13. The summed E-state index contributed by atoms with van der Waals surface area (Å²) < 4.78 is 4.82. The molecular weight excluding hydrogens is 212 g/mol. The molecule has 0 amide bonds. The van der Waals surface area contributed by atoms with Crippen LogP contribution in [0.3, 0.4) is 0 Å². The quantitative estimate of drug-likeness (QED) is 0.723. The zero-order chi connectivity index (χ0) is 11.1. The summed E-state index contributed by atoms with van der Waals surface area (Å²) >= 11 is 6.04. The lowest BCUT2D eigenvalue weighted by Crippen LogP contribution is -2.21. The number of hydrogen-bond acceptors (Lipinski definition) is 2. The Hall–Kier alpha value is -1.02. The van der Waals surface area contributed by atoms with Crippen molar-refractivity contribution in [2.45, 2.75) is 25.2 Å². The third-order valence-electron chi connectivity index (χ3n) is 3.05. The Balaban J connectivity index is 2.38. The number of aryl methyl sites for hydroxylation is 1. The summed E-state index contributed by atoms with van der Waals surface area (Å²) in [5.41, 5.74) is 1.59. The van der Waals surface area contributed by atoms with Gasteiger partial charge in [0.15, 0.2) is 0 Å². The monoisotopic (exact) mass is 224 g/mol. The maximum Gasteiger partial charge on any atom is 0.316 e. The molecule has 1 aliphatic carbocycles. The maximum atomic E-state index is 11.6. The van der Waals surface area contributed by atoms with Gasteiger partial charge in [0.2, 0.25) is 0 Å². The summed E-state index contributed by atoms with van der Waals surface area (Å²) in [6.45, 7) is 1.95. The van der Waals surface area contributed by atoms with Crippen molar-refractivity contribution >= 4 is 17.6 Å². The number of benzene rings is 1. The molecule has 1 fully saturated rings. The van der Waals surface area contributed by atoms with Crippen LogP contribution < -0.4 is 0 Å². The Morgan fingerprint density at radius 2 is 2.13 bits per heavy atom. The molecule has 2 nitrogen and oxygen atoms in total. The molecule has 15 heavy (non-hydrogen) atoms. The molecule has 1 aromatic rings. The zero-order valence-electron chi connectivity index (χ0n) is 8.84. The molecule has 0 aromatic heterocycles. The Kier molecular flexibility index (Phi) is 2.47. The van der Waals surface area contributed by atoms with Gasteiger partial charge in [0, 0.05) is 5.02 Å². The third-order valence-corrected chi connectivity index (χ3v) is 3.46. The van der Waals surface area contributed by atoms with Gasteiger partial charge < -0.3 is 4.74 Å². The van der Waals surface area contributed by atoms with Crippen molar-refractivity contribution in [3.8, 4) is 0 Å². The number of carbonyl (C=O) groups excluding carboxylic acids is 1. The van der Waals surface area contributed by atoms with Gasteiger partial charge in [0.1, 0.15) is 0 Å². The van der Waals surface area contributed by atoms with Crippen molar-refractivity contribution < 1.29 is 9.53 Å². The average molecular weight is 225 g/mol. The normalized spacial score (nSPS) is 17.3. The Bertz CT molecular complexity index is 408. The van der Waals surface area contributed by atoms with E-state index in [1.165, 1.54) is 7.11 Å². The highest BCUT2D eigenvalue weighted by molar-refractivity contribution is 6.31. The number of halogens is 1. The van der Waals surface area contributed by atoms with E-state index in [0.29, 0.717) is 5.02 Å². The largest absolute Gasteiger partial charge is 0.468 e. The summed E-state index contributed by atoms with van der Waals surface area (Å²) in [5.74, 6) is -0.151. The van der Waals surface area contributed by atoms with Crippen LogP contribution in [0.2, 0.25) is 5.02 Å². The number of rotatable bonds is 2. The first-order valence-corrected chi connectivity index (χ1v) is 5.33. The van der Waals surface area contributed by atoms with Gasteiger partial charge in [-0.2, -0.15) is 0 Å². The van der Waals surface area contributed by atoms with Crippen LogP contribution in [-0.4, -0.2) is 13.1 Å². The number of esters is 1. The number of methoxy groups -OCH3 is 1. The van der Waals surface area contributed by atoms with Crippen LogP contribution in [0.4, 0.5) is 0 Å². The molecule has 0 unspecified atom stereocenters. The summed E-state index contributed by atoms with van der Waals surface area (Å²) in [5, 5.41) is 0.711. The molecule has 0 bridgehead atoms. The first-order valence-electron chi connectivity index (χ1n) is 4.95. The Morgan fingerprint density at radius 3 is 2.60 bits per heavy atom. The smallest absolute Gasteiger partial charge is 0.316 e. The molecule has 0 atom stereocenters. The van der Waals surface area contributed by atoms with Crippen molar-refractivity contribution in [3.05, 3.63) is 34.3 Å². The second-order valence-electron chi connectivity index (χ2n) is 4.04. The van der Waals surface area contributed by atoms with Crippen LogP contribution in [0.15, 0.2) is 18.2 Å². The zero-order valence-corrected chi connectivity index (χ0v) is 9.60. The minimum Gasteiger partial charge on any atom is -0.468 e. The van der Waals surface area contributed by atoms with E-state index in [4.69, 9.17) is 16.3 Å². The SMILES string of the molecule is COC(=O)C1(c2ccc(C)c(Cl)c2)CC1. The fraction of sp³-hybridized carbons (Fsp3) is 0.417. The Labute approximate surface area is 94.2 Å². The van der Waals surface area contributed by atoms with Gasteiger partial charge in [-0.25, -0.2) is 0 Å². The molecule has 1 aromatic carbocycles. The van der Waals surface area contributed by atoms with Gasteiger partial charge in [-0.15, -0.1) is 0 Å². The van der Waals surface area contributed by atoms with E-state index in [2.05, 4.69) is 0 Å². The van der Waals surface area contributed by atoms with Crippen molar-refractivity contribution in [1.29, 1.82) is 0 Å². The Morgan fingerprint density at radius 1 is 1.47 bits per heavy atom. The molecule has 0 saturated heterocycles. The fourth-order valence-electron chi connectivity index (χ4n) is 1.82. The summed E-state index contributed by atoms with van der Waals surface area (Å²) in [7, 11) is 1.43. The highest BCUT2D eigenvalue weighted by Crippen LogP contribution is 2.49. The predicted octanol–water partition coefficient (Wildman–Crippen LogP) is 2.85. The van der Waals surface area contributed by atoms with E-state index < -0.39 is 5.41 Å². The molecule has 0 radical (unpaired) electrons. The van der Waals surface area contributed by atoms with Gasteiger partial charge in [0.25, 0.3) is 0 Å². The van der Waals surface area contributed by atoms with Gasteiger partial charge in [0.05, 0.1) is 12.5 Å². The molecule has 1 saturated carbocycles. The highest BCUT2D eigenvalue weighted by atomic mass is 35.5. The van der Waals surface area contributed by atoms with E-state index in [0.717, 1.165) is 24.0 Å². The lowest BCUT2D eigenvalue weighted by atomic mass is 9.95. The molecule has 0 N–H and O–H groups in total. The minimum absolute atomic E-state index is 0.151. The van der Waals surface area contributed by atoms with Crippen LogP contribution in [0, 0.1) is 6.92 Å². The summed E-state index contributed by atoms with van der Waals surface area (Å²) in [6, 6.07) is 5.78. The lowest BCUT2D eigenvalue weighted by molar-refractivity contribution is -0.143. The van der Waals surface area contributed by atoms with Crippen molar-refractivity contribution in [2.75, 3.05) is 7.11 Å². The van der Waals surface area contributed by atoms with Gasteiger partial charge in [-0.1, -0.05) is 23.7 Å². The molecule has 0 heterocycles. The second-order valence-corrected chi connectivity index (χ2v) is 4.44. The van der Waals surface area contributed by atoms with Crippen LogP contribution in [0.5, 0.6) is 0 Å². The van der Waals surface area contributed by atoms with E-state index in [1.807, 2.05) is 25.1 Å². The van der Waals surface area contributed by atoms with Crippen molar-refractivity contribution in [2.24, 2.45) is 0 Å². The third kappa shape index (κ3) is 1.63. The van der Waals surface area contributed by atoms with Gasteiger partial charge >= 0.3 is 5.97 Å². The van der Waals surface area contributed by atoms with E-state index in [-0.39, 0.29) is 5.97 Å². The van der Waals surface area contributed by atoms with Crippen LogP contribution in [0.25, 0.3) is 0 Å². The molecule has 0 aliphatic heterocycles. The predicted molar refractivity (Wildman–Crippen MR) is 59.1 cm³/mol. The minimum atomic E-state index is -0.411. The van der Waals surface area contributed by atoms with Gasteiger partial charge in [-0.05, 0) is 37.0 Å². The topological polar surface area (TPSA) is 26.3 Å².